The molecule has 110 valence electrons. The number of rotatable bonds is 3. The lowest BCUT2D eigenvalue weighted by Gasteiger charge is -2.10. The fraction of sp³-hybridized carbons (Fsp3) is 0.0625. The molecule has 0 fully saturated rings. The van der Waals surface area contributed by atoms with Crippen molar-refractivity contribution < 1.29 is 13.9 Å². The molecule has 3 rings (SSSR count). The molecule has 0 aliphatic carbocycles. The Morgan fingerprint density at radius 2 is 2.09 bits per heavy atom. The molecule has 0 aliphatic heterocycles. The summed E-state index contributed by atoms with van der Waals surface area (Å²) in [7, 11) is 1.29. The lowest BCUT2D eigenvalue weighted by Crippen LogP contribution is -2.08. The Kier molecular flexibility index (Phi) is 3.65. The largest absolute Gasteiger partial charge is 0.464 e. The predicted octanol–water partition coefficient (Wildman–Crippen LogP) is 3.30. The summed E-state index contributed by atoms with van der Waals surface area (Å²) in [5.74, 6) is -0.913. The SMILES string of the molecule is COC(=O)c1ncccc1Nc1cnc2c(F)cccc2c1. The van der Waals surface area contributed by atoms with Gasteiger partial charge in [0.15, 0.2) is 5.69 Å². The molecular formula is C16H12FN3O2. The van der Waals surface area contributed by atoms with Crippen molar-refractivity contribution in [3.8, 4) is 0 Å². The van der Waals surface area contributed by atoms with Gasteiger partial charge in [0, 0.05) is 11.6 Å². The average molecular weight is 297 g/mol. The first-order chi connectivity index (χ1) is 10.7. The number of anilines is 2. The molecule has 5 nitrogen and oxygen atoms in total. The van der Waals surface area contributed by atoms with E-state index in [2.05, 4.69) is 15.3 Å². The van der Waals surface area contributed by atoms with Crippen LogP contribution in [0.2, 0.25) is 0 Å². The van der Waals surface area contributed by atoms with Crippen LogP contribution in [0.25, 0.3) is 10.9 Å². The Labute approximate surface area is 125 Å². The van der Waals surface area contributed by atoms with Crippen molar-refractivity contribution in [2.75, 3.05) is 12.4 Å². The van der Waals surface area contributed by atoms with Crippen LogP contribution in [0, 0.1) is 5.82 Å². The van der Waals surface area contributed by atoms with Crippen LogP contribution in [-0.4, -0.2) is 23.0 Å². The predicted molar refractivity (Wildman–Crippen MR) is 80.6 cm³/mol. The molecule has 0 amide bonds. The topological polar surface area (TPSA) is 64.1 Å². The number of carbonyl (C=O) groups is 1. The van der Waals surface area contributed by atoms with Crippen LogP contribution in [0.4, 0.5) is 15.8 Å². The molecule has 0 saturated carbocycles. The van der Waals surface area contributed by atoms with E-state index in [-0.39, 0.29) is 11.5 Å². The Balaban J connectivity index is 1.99. The molecular weight excluding hydrogens is 285 g/mol. The zero-order valence-electron chi connectivity index (χ0n) is 11.7. The molecule has 0 atom stereocenters. The highest BCUT2D eigenvalue weighted by atomic mass is 19.1. The normalized spacial score (nSPS) is 10.5. The number of esters is 1. The molecule has 0 aliphatic rings. The molecule has 0 unspecified atom stereocenters. The van der Waals surface area contributed by atoms with Gasteiger partial charge in [0.05, 0.1) is 24.7 Å². The highest BCUT2D eigenvalue weighted by Gasteiger charge is 2.13. The van der Waals surface area contributed by atoms with E-state index in [4.69, 9.17) is 4.74 Å². The fourth-order valence-corrected chi connectivity index (χ4v) is 2.11. The monoisotopic (exact) mass is 297 g/mol. The van der Waals surface area contributed by atoms with Crippen molar-refractivity contribution in [1.82, 2.24) is 9.97 Å². The minimum absolute atomic E-state index is 0.171. The first kappa shape index (κ1) is 13.9. The van der Waals surface area contributed by atoms with E-state index in [1.165, 1.54) is 25.6 Å². The number of nitrogens with zero attached hydrogens (tertiary/aromatic N) is 2. The van der Waals surface area contributed by atoms with Gasteiger partial charge < -0.3 is 10.1 Å². The lowest BCUT2D eigenvalue weighted by atomic mass is 10.2. The summed E-state index contributed by atoms with van der Waals surface area (Å²) in [6.45, 7) is 0. The summed E-state index contributed by atoms with van der Waals surface area (Å²) in [5.41, 5.74) is 1.58. The first-order valence-electron chi connectivity index (χ1n) is 6.53. The van der Waals surface area contributed by atoms with Crippen molar-refractivity contribution >= 4 is 28.2 Å². The van der Waals surface area contributed by atoms with Crippen molar-refractivity contribution in [2.24, 2.45) is 0 Å². The van der Waals surface area contributed by atoms with Crippen LogP contribution in [0.15, 0.2) is 48.8 Å². The number of carbonyl (C=O) groups excluding carboxylic acids is 1. The van der Waals surface area contributed by atoms with E-state index < -0.39 is 5.97 Å². The van der Waals surface area contributed by atoms with E-state index >= 15 is 0 Å². The third-order valence-corrected chi connectivity index (χ3v) is 3.13. The number of ether oxygens (including phenoxy) is 1. The van der Waals surface area contributed by atoms with E-state index in [9.17, 15) is 9.18 Å². The third-order valence-electron chi connectivity index (χ3n) is 3.13. The standard InChI is InChI=1S/C16H12FN3O2/c1-22-16(21)15-13(6-3-7-18-15)20-11-8-10-4-2-5-12(17)14(10)19-9-11/h2-9,20H,1H3. The van der Waals surface area contributed by atoms with Crippen LogP contribution in [-0.2, 0) is 4.74 Å². The number of halogens is 1. The summed E-state index contributed by atoms with van der Waals surface area (Å²) in [4.78, 5) is 19.8. The minimum Gasteiger partial charge on any atom is -0.464 e. The van der Waals surface area contributed by atoms with Gasteiger partial charge in [0.1, 0.15) is 11.3 Å². The number of aromatic nitrogens is 2. The van der Waals surface area contributed by atoms with E-state index in [1.807, 2.05) is 0 Å². The van der Waals surface area contributed by atoms with Gasteiger partial charge in [-0.3, -0.25) is 4.98 Å². The first-order valence-corrected chi connectivity index (χ1v) is 6.53. The number of benzene rings is 1. The molecule has 0 spiro atoms. The number of nitrogens with one attached hydrogen (secondary N) is 1. The van der Waals surface area contributed by atoms with Crippen LogP contribution < -0.4 is 5.32 Å². The Morgan fingerprint density at radius 3 is 2.91 bits per heavy atom. The summed E-state index contributed by atoms with van der Waals surface area (Å²) in [6, 6.07) is 9.89. The number of methoxy groups -OCH3 is 1. The van der Waals surface area contributed by atoms with Gasteiger partial charge in [-0.05, 0) is 24.3 Å². The molecule has 0 radical (unpaired) electrons. The number of hydrogen-bond acceptors (Lipinski definition) is 5. The van der Waals surface area contributed by atoms with Crippen molar-refractivity contribution in [1.29, 1.82) is 0 Å². The average Bonchev–Trinajstić information content (AvgIpc) is 2.55. The van der Waals surface area contributed by atoms with Crippen LogP contribution in [0.3, 0.4) is 0 Å². The minimum atomic E-state index is -0.539. The molecule has 0 bridgehead atoms. The summed E-state index contributed by atoms with van der Waals surface area (Å²) < 4.78 is 18.3. The molecule has 2 heterocycles. The van der Waals surface area contributed by atoms with Gasteiger partial charge in [-0.15, -0.1) is 0 Å². The second-order valence-electron chi connectivity index (χ2n) is 4.55. The summed E-state index contributed by atoms with van der Waals surface area (Å²) in [6.07, 6.45) is 3.00. The maximum Gasteiger partial charge on any atom is 0.358 e. The van der Waals surface area contributed by atoms with Crippen molar-refractivity contribution in [3.05, 3.63) is 60.3 Å². The van der Waals surface area contributed by atoms with Gasteiger partial charge in [-0.1, -0.05) is 12.1 Å². The molecule has 2 aromatic heterocycles. The van der Waals surface area contributed by atoms with E-state index in [0.717, 1.165) is 0 Å². The number of para-hydroxylation sites is 1. The van der Waals surface area contributed by atoms with Crippen molar-refractivity contribution in [3.63, 3.8) is 0 Å². The van der Waals surface area contributed by atoms with Gasteiger partial charge in [-0.25, -0.2) is 14.2 Å². The summed E-state index contributed by atoms with van der Waals surface area (Å²) >= 11 is 0. The lowest BCUT2D eigenvalue weighted by molar-refractivity contribution is 0.0595. The van der Waals surface area contributed by atoms with Gasteiger partial charge in [-0.2, -0.15) is 0 Å². The maximum atomic E-state index is 13.6. The second-order valence-corrected chi connectivity index (χ2v) is 4.55. The smallest absolute Gasteiger partial charge is 0.358 e. The number of pyridine rings is 2. The number of hydrogen-bond donors (Lipinski definition) is 1. The Bertz CT molecular complexity index is 852. The van der Waals surface area contributed by atoms with Crippen molar-refractivity contribution in [2.45, 2.75) is 0 Å². The van der Waals surface area contributed by atoms with E-state index in [0.29, 0.717) is 22.3 Å². The van der Waals surface area contributed by atoms with E-state index in [1.54, 1.807) is 30.3 Å². The second kappa shape index (κ2) is 5.77. The Hall–Kier alpha value is -3.02. The highest BCUT2D eigenvalue weighted by Crippen LogP contribution is 2.23. The maximum absolute atomic E-state index is 13.6. The molecule has 1 aromatic carbocycles. The molecule has 0 saturated heterocycles. The van der Waals surface area contributed by atoms with Crippen LogP contribution in [0.5, 0.6) is 0 Å². The summed E-state index contributed by atoms with van der Waals surface area (Å²) in [5, 5.41) is 3.71. The molecule has 1 N–H and O–H groups in total. The Morgan fingerprint density at radius 1 is 1.23 bits per heavy atom. The van der Waals surface area contributed by atoms with Crippen LogP contribution >= 0.6 is 0 Å². The van der Waals surface area contributed by atoms with Gasteiger partial charge >= 0.3 is 5.97 Å². The molecule has 22 heavy (non-hydrogen) atoms. The quantitative estimate of drug-likeness (QED) is 0.751. The molecule has 6 heteroatoms. The zero-order chi connectivity index (χ0) is 15.5. The zero-order valence-corrected chi connectivity index (χ0v) is 11.7. The molecule has 3 aromatic rings. The third kappa shape index (κ3) is 2.58. The fourth-order valence-electron chi connectivity index (χ4n) is 2.11. The van der Waals surface area contributed by atoms with Crippen LogP contribution in [0.1, 0.15) is 10.5 Å². The van der Waals surface area contributed by atoms with Gasteiger partial charge in [0.25, 0.3) is 0 Å². The number of fused-ring (bicyclic) bond motifs is 1. The van der Waals surface area contributed by atoms with Gasteiger partial charge in [0.2, 0.25) is 0 Å². The highest BCUT2D eigenvalue weighted by molar-refractivity contribution is 5.94.